The molecular formula is C11H18N2. The molecule has 0 radical (unpaired) electrons. The van der Waals surface area contributed by atoms with E-state index in [0.29, 0.717) is 6.04 Å². The van der Waals surface area contributed by atoms with Crippen molar-refractivity contribution >= 4 is 0 Å². The number of hydrogen-bond donors (Lipinski definition) is 2. The Bertz CT molecular complexity index is 237. The maximum Gasteiger partial charge on any atom is 0.0359 e. The van der Waals surface area contributed by atoms with Gasteiger partial charge < -0.3 is 10.3 Å². The van der Waals surface area contributed by atoms with Crippen molar-refractivity contribution in [2.24, 2.45) is 5.92 Å². The number of H-pyrrole nitrogens is 1. The average molecular weight is 178 g/mol. The Labute approximate surface area is 79.7 Å². The summed E-state index contributed by atoms with van der Waals surface area (Å²) in [6.07, 6.45) is 6.23. The highest BCUT2D eigenvalue weighted by atomic mass is 14.9. The summed E-state index contributed by atoms with van der Waals surface area (Å²) in [5.41, 5.74) is 1.28. The van der Waals surface area contributed by atoms with Gasteiger partial charge in [-0.25, -0.2) is 0 Å². The van der Waals surface area contributed by atoms with Crippen LogP contribution in [0, 0.1) is 5.92 Å². The number of hydrogen-bond acceptors (Lipinski definition) is 1. The van der Waals surface area contributed by atoms with E-state index in [1.807, 2.05) is 12.3 Å². The molecule has 0 saturated heterocycles. The summed E-state index contributed by atoms with van der Waals surface area (Å²) in [5, 5.41) is 3.53. The highest BCUT2D eigenvalue weighted by molar-refractivity contribution is 5.03. The Hall–Kier alpha value is -0.760. The predicted molar refractivity (Wildman–Crippen MR) is 54.4 cm³/mol. The molecule has 13 heavy (non-hydrogen) atoms. The second-order valence-corrected chi connectivity index (χ2v) is 4.16. The molecule has 2 heteroatoms. The van der Waals surface area contributed by atoms with Gasteiger partial charge in [-0.05, 0) is 31.4 Å². The first-order chi connectivity index (χ1) is 6.34. The van der Waals surface area contributed by atoms with Gasteiger partial charge in [-0.3, -0.25) is 0 Å². The summed E-state index contributed by atoms with van der Waals surface area (Å²) in [6, 6.07) is 4.83. The molecule has 1 saturated carbocycles. The predicted octanol–water partition coefficient (Wildman–Crippen LogP) is 2.29. The maximum atomic E-state index is 3.53. The Balaban J connectivity index is 1.66. The molecule has 1 fully saturated rings. The second-order valence-electron chi connectivity index (χ2n) is 4.16. The zero-order chi connectivity index (χ0) is 9.10. The Kier molecular flexibility index (Phi) is 2.69. The molecule has 2 nitrogen and oxygen atoms in total. The van der Waals surface area contributed by atoms with Crippen LogP contribution in [0.4, 0.5) is 0 Å². The van der Waals surface area contributed by atoms with E-state index in [2.05, 4.69) is 23.3 Å². The lowest BCUT2D eigenvalue weighted by atomic mass is 10.1. The zero-order valence-electron chi connectivity index (χ0n) is 8.22. The number of nitrogens with one attached hydrogen (secondary N) is 2. The van der Waals surface area contributed by atoms with Gasteiger partial charge in [0.2, 0.25) is 0 Å². The van der Waals surface area contributed by atoms with Gasteiger partial charge in [0.15, 0.2) is 0 Å². The Morgan fingerprint density at radius 1 is 1.62 bits per heavy atom. The van der Waals surface area contributed by atoms with Gasteiger partial charge >= 0.3 is 0 Å². The molecule has 1 aromatic heterocycles. The molecular weight excluding hydrogens is 160 g/mol. The van der Waals surface area contributed by atoms with Crippen LogP contribution in [0.15, 0.2) is 18.3 Å². The lowest BCUT2D eigenvalue weighted by molar-refractivity contribution is 0.485. The standard InChI is InChI=1S/C11H18N2/c1-9(7-10-4-5-10)13-8-11-3-2-6-12-11/h2-3,6,9-10,12-13H,4-5,7-8H2,1H3. The van der Waals surface area contributed by atoms with Gasteiger partial charge in [0.1, 0.15) is 0 Å². The van der Waals surface area contributed by atoms with Crippen LogP contribution >= 0.6 is 0 Å². The molecule has 1 unspecified atom stereocenters. The van der Waals surface area contributed by atoms with Crippen LogP contribution in [0.2, 0.25) is 0 Å². The molecule has 0 amide bonds. The molecule has 1 atom stereocenters. The molecule has 1 aromatic rings. The largest absolute Gasteiger partial charge is 0.364 e. The summed E-state index contributed by atoms with van der Waals surface area (Å²) < 4.78 is 0. The van der Waals surface area contributed by atoms with E-state index in [1.165, 1.54) is 25.0 Å². The molecule has 1 heterocycles. The van der Waals surface area contributed by atoms with Crippen LogP contribution in [-0.4, -0.2) is 11.0 Å². The Morgan fingerprint density at radius 2 is 2.46 bits per heavy atom. The van der Waals surface area contributed by atoms with Crippen molar-refractivity contribution in [2.45, 2.75) is 38.8 Å². The lowest BCUT2D eigenvalue weighted by Crippen LogP contribution is -2.25. The van der Waals surface area contributed by atoms with Crippen molar-refractivity contribution in [1.82, 2.24) is 10.3 Å². The molecule has 1 aliphatic rings. The Morgan fingerprint density at radius 3 is 3.08 bits per heavy atom. The molecule has 2 rings (SSSR count). The fourth-order valence-corrected chi connectivity index (χ4v) is 1.70. The van der Waals surface area contributed by atoms with Gasteiger partial charge in [0.05, 0.1) is 0 Å². The van der Waals surface area contributed by atoms with Crippen molar-refractivity contribution in [2.75, 3.05) is 0 Å². The first-order valence-electron chi connectivity index (χ1n) is 5.20. The van der Waals surface area contributed by atoms with Gasteiger partial charge in [0.25, 0.3) is 0 Å². The molecule has 2 N–H and O–H groups in total. The highest BCUT2D eigenvalue weighted by Gasteiger charge is 2.23. The minimum atomic E-state index is 0.663. The molecule has 72 valence electrons. The average Bonchev–Trinajstić information content (AvgIpc) is 2.78. The van der Waals surface area contributed by atoms with Crippen molar-refractivity contribution in [3.63, 3.8) is 0 Å². The van der Waals surface area contributed by atoms with Gasteiger partial charge in [-0.1, -0.05) is 12.8 Å². The van der Waals surface area contributed by atoms with Crippen molar-refractivity contribution in [3.8, 4) is 0 Å². The van der Waals surface area contributed by atoms with Crippen molar-refractivity contribution in [1.29, 1.82) is 0 Å². The van der Waals surface area contributed by atoms with Crippen molar-refractivity contribution < 1.29 is 0 Å². The van der Waals surface area contributed by atoms with E-state index in [4.69, 9.17) is 0 Å². The topological polar surface area (TPSA) is 27.8 Å². The van der Waals surface area contributed by atoms with Gasteiger partial charge in [0, 0.05) is 24.5 Å². The molecule has 0 aliphatic heterocycles. The molecule has 0 aromatic carbocycles. The zero-order valence-corrected chi connectivity index (χ0v) is 8.22. The monoisotopic (exact) mass is 178 g/mol. The van der Waals surface area contributed by atoms with Crippen LogP contribution in [0.1, 0.15) is 31.9 Å². The summed E-state index contributed by atoms with van der Waals surface area (Å²) in [7, 11) is 0. The first-order valence-corrected chi connectivity index (χ1v) is 5.20. The minimum absolute atomic E-state index is 0.663. The van der Waals surface area contributed by atoms with Crippen LogP contribution in [0.25, 0.3) is 0 Å². The van der Waals surface area contributed by atoms with Crippen molar-refractivity contribution in [3.05, 3.63) is 24.0 Å². The third-order valence-corrected chi connectivity index (χ3v) is 2.69. The van der Waals surface area contributed by atoms with Crippen LogP contribution in [-0.2, 0) is 6.54 Å². The fraction of sp³-hybridized carbons (Fsp3) is 0.636. The van der Waals surface area contributed by atoms with E-state index in [1.54, 1.807) is 0 Å². The van der Waals surface area contributed by atoms with Crippen LogP contribution in [0.5, 0.6) is 0 Å². The third kappa shape index (κ3) is 2.88. The van der Waals surface area contributed by atoms with Crippen LogP contribution in [0.3, 0.4) is 0 Å². The van der Waals surface area contributed by atoms with Crippen LogP contribution < -0.4 is 5.32 Å². The van der Waals surface area contributed by atoms with E-state index in [-0.39, 0.29) is 0 Å². The maximum absolute atomic E-state index is 3.53. The summed E-state index contributed by atoms with van der Waals surface area (Å²) in [5.74, 6) is 1.02. The van der Waals surface area contributed by atoms with E-state index in [0.717, 1.165) is 12.5 Å². The number of aromatic nitrogens is 1. The molecule has 0 bridgehead atoms. The third-order valence-electron chi connectivity index (χ3n) is 2.69. The smallest absolute Gasteiger partial charge is 0.0359 e. The highest BCUT2D eigenvalue weighted by Crippen LogP contribution is 2.33. The van der Waals surface area contributed by atoms with E-state index in [9.17, 15) is 0 Å². The second kappa shape index (κ2) is 3.97. The summed E-state index contributed by atoms with van der Waals surface area (Å²) in [6.45, 7) is 3.25. The minimum Gasteiger partial charge on any atom is -0.364 e. The quantitative estimate of drug-likeness (QED) is 0.711. The summed E-state index contributed by atoms with van der Waals surface area (Å²) >= 11 is 0. The first kappa shape index (κ1) is 8.82. The molecule has 1 aliphatic carbocycles. The summed E-state index contributed by atoms with van der Waals surface area (Å²) in [4.78, 5) is 3.20. The SMILES string of the molecule is CC(CC1CC1)NCc1ccc[nH]1. The fourth-order valence-electron chi connectivity index (χ4n) is 1.70. The lowest BCUT2D eigenvalue weighted by Gasteiger charge is -2.11. The normalized spacial score (nSPS) is 18.8. The number of rotatable bonds is 5. The van der Waals surface area contributed by atoms with E-state index < -0.39 is 0 Å². The van der Waals surface area contributed by atoms with E-state index >= 15 is 0 Å². The molecule has 0 spiro atoms. The van der Waals surface area contributed by atoms with Gasteiger partial charge in [-0.2, -0.15) is 0 Å². The number of aromatic amines is 1. The van der Waals surface area contributed by atoms with Gasteiger partial charge in [-0.15, -0.1) is 0 Å².